The van der Waals surface area contributed by atoms with Crippen molar-refractivity contribution in [2.75, 3.05) is 0 Å². The van der Waals surface area contributed by atoms with E-state index in [2.05, 4.69) is 0 Å². The Morgan fingerprint density at radius 3 is 1.82 bits per heavy atom. The van der Waals surface area contributed by atoms with E-state index < -0.39 is 12.2 Å². The van der Waals surface area contributed by atoms with Crippen molar-refractivity contribution < 1.29 is 10.2 Å². The molecule has 0 saturated carbocycles. The highest BCUT2D eigenvalue weighted by Crippen LogP contribution is 2.18. The molecule has 0 fully saturated rings. The van der Waals surface area contributed by atoms with Crippen LogP contribution in [0.1, 0.15) is 59.1 Å². The summed E-state index contributed by atoms with van der Waals surface area (Å²) in [5.74, 6) is 0. The van der Waals surface area contributed by atoms with Crippen LogP contribution in [0.5, 0.6) is 0 Å². The molecule has 0 bridgehead atoms. The maximum absolute atomic E-state index is 9.67. The summed E-state index contributed by atoms with van der Waals surface area (Å²) in [4.78, 5) is 0. The molecule has 0 aliphatic heterocycles. The third-order valence-electron chi connectivity index (χ3n) is 2.09. The van der Waals surface area contributed by atoms with Crippen LogP contribution in [-0.4, -0.2) is 16.3 Å². The van der Waals surface area contributed by atoms with Gasteiger partial charge >= 0.3 is 0 Å². The molecule has 0 aliphatic rings. The Balaban J connectivity index is 0. The van der Waals surface area contributed by atoms with Gasteiger partial charge in [0.25, 0.3) is 0 Å². The molecular formula is C15H28O2. The molecule has 1 rings (SSSR count). The zero-order valence-corrected chi connectivity index (χ0v) is 11.9. The van der Waals surface area contributed by atoms with Crippen LogP contribution in [-0.2, 0) is 0 Å². The van der Waals surface area contributed by atoms with Crippen LogP contribution in [0.25, 0.3) is 0 Å². The average Bonchev–Trinajstić information content (AvgIpc) is 2.43. The van der Waals surface area contributed by atoms with Crippen LogP contribution >= 0.6 is 0 Å². The fourth-order valence-electron chi connectivity index (χ4n) is 1.33. The Morgan fingerprint density at radius 1 is 0.941 bits per heavy atom. The van der Waals surface area contributed by atoms with Gasteiger partial charge in [0.2, 0.25) is 0 Å². The fraction of sp³-hybridized carbons (Fsp3) is 0.600. The molecule has 2 nitrogen and oxygen atoms in total. The third kappa shape index (κ3) is 7.94. The molecular weight excluding hydrogens is 212 g/mol. The summed E-state index contributed by atoms with van der Waals surface area (Å²) in [7, 11) is 0. The van der Waals surface area contributed by atoms with Crippen LogP contribution < -0.4 is 0 Å². The molecule has 0 heterocycles. The van der Waals surface area contributed by atoms with Crippen molar-refractivity contribution >= 4 is 0 Å². The van der Waals surface area contributed by atoms with E-state index in [0.717, 1.165) is 12.0 Å². The van der Waals surface area contributed by atoms with E-state index in [9.17, 15) is 10.2 Å². The highest BCUT2D eigenvalue weighted by atomic mass is 16.3. The Bertz CT molecular complexity index is 234. The normalized spacial score (nSPS) is 12.4. The topological polar surface area (TPSA) is 40.5 Å². The van der Waals surface area contributed by atoms with E-state index in [0.29, 0.717) is 6.42 Å². The smallest absolute Gasteiger partial charge is 0.105 e. The number of rotatable bonds is 4. The first kappa shape index (κ1) is 18.5. The molecule has 0 amide bonds. The van der Waals surface area contributed by atoms with Gasteiger partial charge in [-0.25, -0.2) is 0 Å². The molecule has 2 heteroatoms. The van der Waals surface area contributed by atoms with Gasteiger partial charge in [0.1, 0.15) is 6.10 Å². The molecule has 0 spiro atoms. The molecule has 1 aromatic rings. The van der Waals surface area contributed by atoms with Gasteiger partial charge in [-0.15, -0.1) is 0 Å². The molecule has 2 N–H and O–H groups in total. The standard InChI is InChI=1S/C11H16O2.2C2H6/c1-2-6-10(12)11(13)9-7-4-3-5-8-9;2*1-2/h3-5,7-8,10-13H,2,6H2,1H3;2*1-2H3. The zero-order valence-electron chi connectivity index (χ0n) is 11.9. The third-order valence-corrected chi connectivity index (χ3v) is 2.09. The fourth-order valence-corrected chi connectivity index (χ4v) is 1.33. The molecule has 0 aliphatic carbocycles. The van der Waals surface area contributed by atoms with Crippen LogP contribution in [0.3, 0.4) is 0 Å². The highest BCUT2D eigenvalue weighted by Gasteiger charge is 2.16. The summed E-state index contributed by atoms with van der Waals surface area (Å²) in [6.45, 7) is 9.99. The minimum absolute atomic E-state index is 0.635. The second-order valence-corrected chi connectivity index (χ2v) is 3.21. The van der Waals surface area contributed by atoms with Gasteiger partial charge < -0.3 is 10.2 Å². The maximum Gasteiger partial charge on any atom is 0.105 e. The predicted molar refractivity (Wildman–Crippen MR) is 75.0 cm³/mol. The Labute approximate surface area is 106 Å². The molecule has 100 valence electrons. The number of hydrogen-bond acceptors (Lipinski definition) is 2. The second kappa shape index (κ2) is 13.2. The molecule has 0 aromatic heterocycles. The minimum Gasteiger partial charge on any atom is -0.390 e. The predicted octanol–water partition coefficient (Wildman–Crippen LogP) is 3.93. The Hall–Kier alpha value is -0.860. The van der Waals surface area contributed by atoms with Crippen LogP contribution in [0, 0.1) is 0 Å². The van der Waals surface area contributed by atoms with Gasteiger partial charge in [0.15, 0.2) is 0 Å². The monoisotopic (exact) mass is 240 g/mol. The molecule has 2 atom stereocenters. The zero-order chi connectivity index (χ0) is 13.7. The Kier molecular flexibility index (Phi) is 14.4. The Morgan fingerprint density at radius 2 is 1.41 bits per heavy atom. The van der Waals surface area contributed by atoms with E-state index in [1.807, 2.05) is 65.0 Å². The van der Waals surface area contributed by atoms with Crippen molar-refractivity contribution in [2.24, 2.45) is 0 Å². The van der Waals surface area contributed by atoms with E-state index in [4.69, 9.17) is 0 Å². The van der Waals surface area contributed by atoms with Gasteiger partial charge in [-0.3, -0.25) is 0 Å². The summed E-state index contributed by atoms with van der Waals surface area (Å²) in [6, 6.07) is 9.25. The molecule has 17 heavy (non-hydrogen) atoms. The maximum atomic E-state index is 9.67. The lowest BCUT2D eigenvalue weighted by Crippen LogP contribution is -2.17. The summed E-state index contributed by atoms with van der Waals surface area (Å²) in [6.07, 6.45) is 0.120. The highest BCUT2D eigenvalue weighted by molar-refractivity contribution is 5.18. The molecule has 2 unspecified atom stereocenters. The minimum atomic E-state index is -0.749. The first-order chi connectivity index (χ1) is 8.25. The quantitative estimate of drug-likeness (QED) is 0.837. The lowest BCUT2D eigenvalue weighted by molar-refractivity contribution is 0.0131. The van der Waals surface area contributed by atoms with E-state index in [1.165, 1.54) is 0 Å². The van der Waals surface area contributed by atoms with Crippen molar-refractivity contribution in [2.45, 2.75) is 59.7 Å². The van der Waals surface area contributed by atoms with Gasteiger partial charge in [-0.05, 0) is 12.0 Å². The van der Waals surface area contributed by atoms with Crippen molar-refractivity contribution in [1.29, 1.82) is 0 Å². The number of hydrogen-bond donors (Lipinski definition) is 2. The van der Waals surface area contributed by atoms with E-state index >= 15 is 0 Å². The lowest BCUT2D eigenvalue weighted by Gasteiger charge is -2.17. The first-order valence-electron chi connectivity index (χ1n) is 6.66. The molecule has 0 saturated heterocycles. The summed E-state index contributed by atoms with van der Waals surface area (Å²) < 4.78 is 0. The van der Waals surface area contributed by atoms with Crippen molar-refractivity contribution in [3.8, 4) is 0 Å². The van der Waals surface area contributed by atoms with E-state index in [1.54, 1.807) is 0 Å². The van der Waals surface area contributed by atoms with Crippen LogP contribution in [0.2, 0.25) is 0 Å². The van der Waals surface area contributed by atoms with Crippen molar-refractivity contribution in [1.82, 2.24) is 0 Å². The number of aliphatic hydroxyl groups is 2. The van der Waals surface area contributed by atoms with Gasteiger partial charge in [-0.2, -0.15) is 0 Å². The van der Waals surface area contributed by atoms with Gasteiger partial charge in [0.05, 0.1) is 6.10 Å². The van der Waals surface area contributed by atoms with Crippen molar-refractivity contribution in [3.63, 3.8) is 0 Å². The molecule has 0 radical (unpaired) electrons. The second-order valence-electron chi connectivity index (χ2n) is 3.21. The lowest BCUT2D eigenvalue weighted by atomic mass is 10.0. The number of benzene rings is 1. The summed E-state index contributed by atoms with van der Waals surface area (Å²) in [5.41, 5.74) is 0.781. The largest absolute Gasteiger partial charge is 0.390 e. The average molecular weight is 240 g/mol. The van der Waals surface area contributed by atoms with Gasteiger partial charge in [0, 0.05) is 0 Å². The summed E-state index contributed by atoms with van der Waals surface area (Å²) >= 11 is 0. The summed E-state index contributed by atoms with van der Waals surface area (Å²) in [5, 5.41) is 19.2. The SMILES string of the molecule is CC.CC.CCCC(O)C(O)c1ccccc1. The van der Waals surface area contributed by atoms with Crippen LogP contribution in [0.4, 0.5) is 0 Å². The molecule has 1 aromatic carbocycles. The number of aliphatic hydroxyl groups excluding tert-OH is 2. The van der Waals surface area contributed by atoms with Gasteiger partial charge in [-0.1, -0.05) is 71.4 Å². The van der Waals surface area contributed by atoms with Crippen LogP contribution in [0.15, 0.2) is 30.3 Å². The first-order valence-corrected chi connectivity index (χ1v) is 6.66. The van der Waals surface area contributed by atoms with E-state index in [-0.39, 0.29) is 0 Å². The van der Waals surface area contributed by atoms with Crippen molar-refractivity contribution in [3.05, 3.63) is 35.9 Å².